The smallest absolute Gasteiger partial charge is 0.293 e. The van der Waals surface area contributed by atoms with Crippen molar-refractivity contribution < 1.29 is 14.2 Å². The van der Waals surface area contributed by atoms with Crippen LogP contribution >= 0.6 is 0 Å². The normalized spacial score (nSPS) is 11.8. The number of rotatable bonds is 4. The minimum Gasteiger partial charge on any atom is -0.320 e. The lowest BCUT2D eigenvalue weighted by atomic mass is 10.1. The van der Waals surface area contributed by atoms with Crippen molar-refractivity contribution in [3.05, 3.63) is 59.9 Å². The molecule has 0 aliphatic heterocycles. The molecular formula is C17H19N2O2+. The molecule has 0 aliphatic carbocycles. The van der Waals surface area contributed by atoms with E-state index in [0.29, 0.717) is 11.3 Å². The van der Waals surface area contributed by atoms with Crippen LogP contribution < -0.4 is 9.88 Å². The molecular weight excluding hydrogens is 264 g/mol. The third-order valence-corrected chi connectivity index (χ3v) is 3.38. The molecule has 4 heteroatoms. The van der Waals surface area contributed by atoms with E-state index in [1.807, 2.05) is 42.9 Å². The van der Waals surface area contributed by atoms with Crippen LogP contribution in [0.25, 0.3) is 0 Å². The standard InChI is InChI=1S/C17H18N2O2/c1-12-7-9-19(10-8-12)13(2)17(21)18-16-6-4-5-15(11-16)14(3)20/h4-11,13H,1-3H3/p+1/t13-/m0/s1. The van der Waals surface area contributed by atoms with Crippen molar-refractivity contribution in [2.45, 2.75) is 26.8 Å². The molecule has 2 aromatic rings. The van der Waals surface area contributed by atoms with Crippen LogP contribution in [0.1, 0.15) is 35.8 Å². The van der Waals surface area contributed by atoms with E-state index in [2.05, 4.69) is 5.32 Å². The Bertz CT molecular complexity index is 663. The molecule has 0 bridgehead atoms. The van der Waals surface area contributed by atoms with Gasteiger partial charge in [0.05, 0.1) is 0 Å². The number of ketones is 1. The van der Waals surface area contributed by atoms with Crippen LogP contribution in [0.2, 0.25) is 0 Å². The third-order valence-electron chi connectivity index (χ3n) is 3.38. The molecule has 0 saturated heterocycles. The fourth-order valence-electron chi connectivity index (χ4n) is 1.97. The summed E-state index contributed by atoms with van der Waals surface area (Å²) in [7, 11) is 0. The van der Waals surface area contributed by atoms with E-state index in [0.717, 1.165) is 5.56 Å². The monoisotopic (exact) mass is 283 g/mol. The molecule has 0 aliphatic rings. The Morgan fingerprint density at radius 2 is 1.81 bits per heavy atom. The van der Waals surface area contributed by atoms with Gasteiger partial charge in [-0.3, -0.25) is 9.59 Å². The first-order valence-corrected chi connectivity index (χ1v) is 6.86. The van der Waals surface area contributed by atoms with Crippen molar-refractivity contribution in [2.75, 3.05) is 5.32 Å². The maximum absolute atomic E-state index is 12.3. The minimum absolute atomic E-state index is 0.0212. The van der Waals surface area contributed by atoms with Gasteiger partial charge in [-0.1, -0.05) is 12.1 Å². The molecule has 0 unspecified atom stereocenters. The predicted molar refractivity (Wildman–Crippen MR) is 81.2 cm³/mol. The topological polar surface area (TPSA) is 50.1 Å². The Hall–Kier alpha value is -2.49. The fraction of sp³-hybridized carbons (Fsp3) is 0.235. The zero-order valence-electron chi connectivity index (χ0n) is 12.5. The summed E-state index contributed by atoms with van der Waals surface area (Å²) >= 11 is 0. The summed E-state index contributed by atoms with van der Waals surface area (Å²) in [6, 6.07) is 10.5. The summed E-state index contributed by atoms with van der Waals surface area (Å²) in [6.45, 7) is 5.34. The number of Topliss-reactive ketones (excluding diaryl/α,β-unsaturated/α-hetero) is 1. The SMILES string of the molecule is CC(=O)c1cccc(NC(=O)[C@H](C)[n+]2ccc(C)cc2)c1. The number of pyridine rings is 1. The van der Waals surface area contributed by atoms with Crippen LogP contribution in [0.3, 0.4) is 0 Å². The Morgan fingerprint density at radius 3 is 2.43 bits per heavy atom. The van der Waals surface area contributed by atoms with Crippen LogP contribution in [0.15, 0.2) is 48.8 Å². The van der Waals surface area contributed by atoms with Gasteiger partial charge < -0.3 is 5.32 Å². The lowest BCUT2D eigenvalue weighted by Gasteiger charge is -2.09. The second-order valence-electron chi connectivity index (χ2n) is 5.12. The molecule has 0 fully saturated rings. The first-order chi connectivity index (χ1) is 9.97. The van der Waals surface area contributed by atoms with Crippen molar-refractivity contribution in [3.63, 3.8) is 0 Å². The molecule has 0 radical (unpaired) electrons. The van der Waals surface area contributed by atoms with Crippen molar-refractivity contribution in [1.29, 1.82) is 0 Å². The summed E-state index contributed by atoms with van der Waals surface area (Å²) in [5.41, 5.74) is 2.36. The summed E-state index contributed by atoms with van der Waals surface area (Å²) in [5, 5.41) is 2.84. The molecule has 1 N–H and O–H groups in total. The zero-order valence-corrected chi connectivity index (χ0v) is 12.5. The average molecular weight is 283 g/mol. The van der Waals surface area contributed by atoms with E-state index in [9.17, 15) is 9.59 Å². The lowest BCUT2D eigenvalue weighted by Crippen LogP contribution is -2.43. The van der Waals surface area contributed by atoms with Crippen LogP contribution in [-0.4, -0.2) is 11.7 Å². The molecule has 0 spiro atoms. The van der Waals surface area contributed by atoms with Crippen LogP contribution in [0, 0.1) is 6.92 Å². The molecule has 108 valence electrons. The Morgan fingerprint density at radius 1 is 1.14 bits per heavy atom. The van der Waals surface area contributed by atoms with E-state index in [4.69, 9.17) is 0 Å². The van der Waals surface area contributed by atoms with Gasteiger partial charge in [-0.2, -0.15) is 4.57 Å². The van der Waals surface area contributed by atoms with Crippen LogP contribution in [0.5, 0.6) is 0 Å². The fourth-order valence-corrected chi connectivity index (χ4v) is 1.97. The van der Waals surface area contributed by atoms with Crippen molar-refractivity contribution >= 4 is 17.4 Å². The highest BCUT2D eigenvalue weighted by atomic mass is 16.2. The first-order valence-electron chi connectivity index (χ1n) is 6.86. The van der Waals surface area contributed by atoms with Crippen molar-refractivity contribution in [1.82, 2.24) is 0 Å². The largest absolute Gasteiger partial charge is 0.320 e. The molecule has 2 rings (SSSR count). The van der Waals surface area contributed by atoms with E-state index in [1.54, 1.807) is 24.3 Å². The maximum atomic E-state index is 12.3. The van der Waals surface area contributed by atoms with Gasteiger partial charge in [0.25, 0.3) is 5.91 Å². The highest BCUT2D eigenvalue weighted by molar-refractivity contribution is 5.97. The number of hydrogen-bond donors (Lipinski definition) is 1. The number of aromatic nitrogens is 1. The number of anilines is 1. The zero-order chi connectivity index (χ0) is 15.4. The molecule has 21 heavy (non-hydrogen) atoms. The predicted octanol–water partition coefficient (Wildman–Crippen LogP) is 2.68. The number of carbonyl (C=O) groups is 2. The summed E-state index contributed by atoms with van der Waals surface area (Å²) in [4.78, 5) is 23.6. The Balaban J connectivity index is 2.12. The van der Waals surface area contributed by atoms with Gasteiger partial charge in [0.1, 0.15) is 0 Å². The van der Waals surface area contributed by atoms with E-state index in [-0.39, 0.29) is 17.7 Å². The summed E-state index contributed by atoms with van der Waals surface area (Å²) in [6.07, 6.45) is 3.76. The van der Waals surface area contributed by atoms with Crippen LogP contribution in [0.4, 0.5) is 5.69 Å². The quantitative estimate of drug-likeness (QED) is 0.693. The van der Waals surface area contributed by atoms with Gasteiger partial charge in [0.15, 0.2) is 18.2 Å². The number of amides is 1. The Labute approximate surface area is 124 Å². The number of nitrogens with zero attached hydrogens (tertiary/aromatic N) is 1. The van der Waals surface area contributed by atoms with Gasteiger partial charge in [-0.05, 0) is 31.5 Å². The van der Waals surface area contributed by atoms with Crippen molar-refractivity contribution in [2.24, 2.45) is 0 Å². The summed E-state index contributed by atoms with van der Waals surface area (Å²) < 4.78 is 1.84. The lowest BCUT2D eigenvalue weighted by molar-refractivity contribution is -0.705. The molecule has 1 aromatic carbocycles. The third kappa shape index (κ3) is 3.75. The van der Waals surface area contributed by atoms with E-state index in [1.165, 1.54) is 6.92 Å². The second-order valence-corrected chi connectivity index (χ2v) is 5.12. The molecule has 1 amide bonds. The van der Waals surface area contributed by atoms with Gasteiger partial charge in [0.2, 0.25) is 6.04 Å². The molecule has 1 aromatic heterocycles. The first kappa shape index (κ1) is 14.9. The molecule has 1 atom stereocenters. The van der Waals surface area contributed by atoms with Gasteiger partial charge in [0, 0.05) is 30.3 Å². The Kier molecular flexibility index (Phi) is 4.48. The minimum atomic E-state index is -0.327. The molecule has 1 heterocycles. The number of carbonyl (C=O) groups excluding carboxylic acids is 2. The highest BCUT2D eigenvalue weighted by Gasteiger charge is 2.21. The number of benzene rings is 1. The van der Waals surface area contributed by atoms with E-state index < -0.39 is 0 Å². The number of hydrogen-bond acceptors (Lipinski definition) is 2. The van der Waals surface area contributed by atoms with E-state index >= 15 is 0 Å². The summed E-state index contributed by atoms with van der Waals surface area (Å²) in [5.74, 6) is -0.142. The number of nitrogens with one attached hydrogen (secondary N) is 1. The van der Waals surface area contributed by atoms with Gasteiger partial charge in [-0.25, -0.2) is 0 Å². The van der Waals surface area contributed by atoms with Crippen molar-refractivity contribution in [3.8, 4) is 0 Å². The molecule has 4 nitrogen and oxygen atoms in total. The number of aryl methyl sites for hydroxylation is 1. The average Bonchev–Trinajstić information content (AvgIpc) is 2.47. The maximum Gasteiger partial charge on any atom is 0.293 e. The highest BCUT2D eigenvalue weighted by Crippen LogP contribution is 2.12. The molecule has 0 saturated carbocycles. The second kappa shape index (κ2) is 6.31. The van der Waals surface area contributed by atoms with Gasteiger partial charge in [-0.15, -0.1) is 0 Å². The van der Waals surface area contributed by atoms with Crippen LogP contribution in [-0.2, 0) is 4.79 Å². The van der Waals surface area contributed by atoms with Gasteiger partial charge >= 0.3 is 0 Å².